The van der Waals surface area contributed by atoms with Gasteiger partial charge in [-0.2, -0.15) is 0 Å². The molecule has 0 radical (unpaired) electrons. The van der Waals surface area contributed by atoms with Crippen LogP contribution in [0.2, 0.25) is 0 Å². The van der Waals surface area contributed by atoms with E-state index in [1.807, 2.05) is 6.08 Å². The molecule has 116 heavy (non-hydrogen) atoms. The molecule has 0 aromatic rings. The van der Waals surface area contributed by atoms with Crippen LogP contribution in [-0.2, 0) is 71.2 Å². The van der Waals surface area contributed by atoms with Crippen LogP contribution in [0.1, 0.15) is 233 Å². The molecule has 6 saturated heterocycles. The molecule has 6 rings (SSSR count). The van der Waals surface area contributed by atoms with Crippen LogP contribution in [0.5, 0.6) is 0 Å². The molecule has 0 saturated carbocycles. The lowest BCUT2D eigenvalue weighted by Gasteiger charge is -2.51. The molecule has 6 heterocycles. The Labute approximate surface area is 682 Å². The van der Waals surface area contributed by atoms with Crippen LogP contribution in [-0.4, -0.2) is 352 Å². The first-order valence-corrected chi connectivity index (χ1v) is 43.0. The number of nitrogens with one attached hydrogen (secondary N) is 3. The average molecular weight is 1680 g/mol. The highest BCUT2D eigenvalue weighted by molar-refractivity contribution is 5.76. The van der Waals surface area contributed by atoms with E-state index in [0.717, 1.165) is 65.2 Å². The van der Waals surface area contributed by atoms with Crippen molar-refractivity contribution in [1.82, 2.24) is 16.0 Å². The summed E-state index contributed by atoms with van der Waals surface area (Å²) >= 11 is 0. The molecule has 678 valence electrons. The van der Waals surface area contributed by atoms with Crippen molar-refractivity contribution in [2.24, 2.45) is 0 Å². The van der Waals surface area contributed by atoms with Crippen molar-refractivity contribution < 1.29 is 163 Å². The smallest absolute Gasteiger partial charge is 0.220 e. The van der Waals surface area contributed by atoms with E-state index in [4.69, 9.17) is 56.8 Å². The number of rotatable bonds is 56. The first-order valence-electron chi connectivity index (χ1n) is 43.0. The Balaban J connectivity index is 1.07. The van der Waals surface area contributed by atoms with Gasteiger partial charge in [-0.3, -0.25) is 14.4 Å². The number of aliphatic hydroxyl groups excluding tert-OH is 18. The summed E-state index contributed by atoms with van der Waals surface area (Å²) in [5, 5.41) is 208. The Hall–Kier alpha value is -3.05. The summed E-state index contributed by atoms with van der Waals surface area (Å²) in [6, 6.07) is -4.66. The summed E-state index contributed by atoms with van der Waals surface area (Å²) in [5.41, 5.74) is 0. The molecule has 12 unspecified atom stereocenters. The first-order chi connectivity index (χ1) is 55.8. The summed E-state index contributed by atoms with van der Waals surface area (Å²) in [6.45, 7) is 0.105. The van der Waals surface area contributed by atoms with Crippen molar-refractivity contribution in [3.63, 3.8) is 0 Å². The highest BCUT2D eigenvalue weighted by atomic mass is 16.8. The quantitative estimate of drug-likeness (QED) is 0.0260. The minimum atomic E-state index is -2.24. The lowest BCUT2D eigenvalue weighted by molar-refractivity contribution is -0.387. The monoisotopic (exact) mass is 1680 g/mol. The summed E-state index contributed by atoms with van der Waals surface area (Å²) in [7, 11) is 0. The van der Waals surface area contributed by atoms with Gasteiger partial charge in [-0.05, 0) is 19.3 Å². The molecule has 6 aliphatic heterocycles. The van der Waals surface area contributed by atoms with Crippen LogP contribution < -0.4 is 16.0 Å². The van der Waals surface area contributed by atoms with Gasteiger partial charge in [0.05, 0.1) is 58.4 Å². The van der Waals surface area contributed by atoms with Crippen LogP contribution in [0, 0.1) is 0 Å². The second kappa shape index (κ2) is 55.2. The van der Waals surface area contributed by atoms with Crippen LogP contribution in [0.15, 0.2) is 12.2 Å². The Bertz CT molecular complexity index is 2670. The minimum absolute atomic E-state index is 0.176. The molecular formula is C80H145N3O33. The molecule has 6 fully saturated rings. The van der Waals surface area contributed by atoms with Gasteiger partial charge in [0.1, 0.15) is 146 Å². The van der Waals surface area contributed by atoms with Gasteiger partial charge in [0.2, 0.25) is 17.7 Å². The SMILES string of the molecule is CCCCCCCCCCCCC/C=C/[C@@H](O)[C@H](CO[C@@H]1OC(CO)[C@@H](O[C@@H]2OC(CO)[C@H](O)[C@H](O[C@@H]3OC(CO)[C@@H](O[C@@H]4OC(CO)[C@H](O)[C@H](O[C@@H]5OC(CO)[C@@H](O[C@@H]6OC(CO)[C@H](O)[C@H](O)C6O)[C@H](O)C5NC(C)=O)C4O)[C@H](O)C3NC(C)=O)C2O)[C@H](O)C1O)NC(=O)CCCCCCCCCCCCCCCCCCCCC. The normalized spacial score (nSPS) is 36.3. The number of amides is 3. The van der Waals surface area contributed by atoms with E-state index in [1.165, 1.54) is 135 Å². The Kier molecular flexibility index (Phi) is 48.5. The van der Waals surface area contributed by atoms with Gasteiger partial charge in [-0.25, -0.2) is 0 Å². The van der Waals surface area contributed by atoms with Crippen molar-refractivity contribution in [3.05, 3.63) is 12.2 Å². The molecule has 36 nitrogen and oxygen atoms in total. The second-order valence-electron chi connectivity index (χ2n) is 32.1. The Morgan fingerprint density at radius 1 is 0.336 bits per heavy atom. The van der Waals surface area contributed by atoms with Gasteiger partial charge in [0.25, 0.3) is 0 Å². The van der Waals surface area contributed by atoms with E-state index in [0.29, 0.717) is 12.8 Å². The highest BCUT2D eigenvalue weighted by Gasteiger charge is 2.59. The maximum Gasteiger partial charge on any atom is 0.220 e. The number of unbranched alkanes of at least 4 members (excludes halogenated alkanes) is 29. The number of carbonyl (C=O) groups is 3. The third-order valence-electron chi connectivity index (χ3n) is 22.7. The third-order valence-corrected chi connectivity index (χ3v) is 22.7. The van der Waals surface area contributed by atoms with Gasteiger partial charge >= 0.3 is 0 Å². The molecule has 0 aromatic heterocycles. The lowest BCUT2D eigenvalue weighted by atomic mass is 9.93. The molecule has 21 N–H and O–H groups in total. The lowest BCUT2D eigenvalue weighted by Crippen LogP contribution is -2.70. The number of aliphatic hydroxyl groups is 18. The molecule has 3 amide bonds. The molecule has 32 atom stereocenters. The molecule has 6 aliphatic rings. The van der Waals surface area contributed by atoms with E-state index < -0.39 is 254 Å². The van der Waals surface area contributed by atoms with E-state index in [-0.39, 0.29) is 12.3 Å². The topological polar surface area (TPSA) is 562 Å². The molecule has 0 spiro atoms. The van der Waals surface area contributed by atoms with Crippen LogP contribution >= 0.6 is 0 Å². The molecular weight excluding hydrogens is 1530 g/mol. The summed E-state index contributed by atoms with van der Waals surface area (Å²) in [6.07, 6.45) is -14.9. The summed E-state index contributed by atoms with van der Waals surface area (Å²) in [5.74, 6) is -2.04. The number of hydrogen-bond acceptors (Lipinski definition) is 33. The minimum Gasteiger partial charge on any atom is -0.394 e. The van der Waals surface area contributed by atoms with E-state index in [2.05, 4.69) is 29.8 Å². The second-order valence-corrected chi connectivity index (χ2v) is 32.1. The average Bonchev–Trinajstić information content (AvgIpc) is 0.772. The number of carbonyl (C=O) groups excluding carboxylic acids is 3. The number of allylic oxidation sites excluding steroid dienone is 1. The fourth-order valence-corrected chi connectivity index (χ4v) is 15.8. The zero-order valence-corrected chi connectivity index (χ0v) is 68.4. The van der Waals surface area contributed by atoms with Crippen molar-refractivity contribution in [2.75, 3.05) is 46.2 Å². The highest BCUT2D eigenvalue weighted by Crippen LogP contribution is 2.38. The maximum absolute atomic E-state index is 13.6. The fraction of sp³-hybridized carbons (Fsp3) is 0.938. The van der Waals surface area contributed by atoms with Crippen molar-refractivity contribution in [2.45, 2.75) is 429 Å². The van der Waals surface area contributed by atoms with Gasteiger partial charge in [-0.15, -0.1) is 0 Å². The Morgan fingerprint density at radius 2 is 0.638 bits per heavy atom. The Morgan fingerprint density at radius 3 is 1.00 bits per heavy atom. The summed E-state index contributed by atoms with van der Waals surface area (Å²) < 4.78 is 70.9. The number of hydrogen-bond donors (Lipinski definition) is 21. The molecule has 0 bridgehead atoms. The van der Waals surface area contributed by atoms with Crippen LogP contribution in [0.3, 0.4) is 0 Å². The van der Waals surface area contributed by atoms with Gasteiger partial charge in [0.15, 0.2) is 37.7 Å². The molecule has 0 aromatic carbocycles. The van der Waals surface area contributed by atoms with Crippen molar-refractivity contribution in [3.8, 4) is 0 Å². The van der Waals surface area contributed by atoms with E-state index in [1.54, 1.807) is 6.08 Å². The maximum atomic E-state index is 13.6. The van der Waals surface area contributed by atoms with Crippen molar-refractivity contribution in [1.29, 1.82) is 0 Å². The van der Waals surface area contributed by atoms with Crippen LogP contribution in [0.4, 0.5) is 0 Å². The predicted octanol–water partition coefficient (Wildman–Crippen LogP) is -0.864. The fourth-order valence-electron chi connectivity index (χ4n) is 15.8. The third kappa shape index (κ3) is 31.6. The zero-order chi connectivity index (χ0) is 84.8. The number of ether oxygens (including phenoxy) is 12. The zero-order valence-electron chi connectivity index (χ0n) is 68.4. The van der Waals surface area contributed by atoms with Crippen molar-refractivity contribution >= 4 is 17.7 Å². The largest absolute Gasteiger partial charge is 0.394 e. The van der Waals surface area contributed by atoms with Gasteiger partial charge in [-0.1, -0.05) is 206 Å². The summed E-state index contributed by atoms with van der Waals surface area (Å²) in [4.78, 5) is 39.2. The molecule has 36 heteroatoms. The van der Waals surface area contributed by atoms with Crippen LogP contribution in [0.25, 0.3) is 0 Å². The molecule has 0 aliphatic carbocycles. The van der Waals surface area contributed by atoms with Gasteiger partial charge in [0, 0.05) is 20.3 Å². The van der Waals surface area contributed by atoms with Gasteiger partial charge < -0.3 is 165 Å². The van der Waals surface area contributed by atoms with E-state index >= 15 is 0 Å². The predicted molar refractivity (Wildman–Crippen MR) is 412 cm³/mol. The first kappa shape index (κ1) is 102. The standard InChI is InChI=1S/C80H145N3O33/c1-5-7-9-11-13-15-17-19-20-21-22-23-24-26-28-30-32-34-36-38-56(93)83-48(49(92)37-35-33-31-29-27-25-18-16-14-12-10-8-6-2)45-105-77-67(102)65(100)72(55(44-89)111-77)114-80-69(104)74(61(96)52(41-86)108-80)116-76-58(82-47(4)91)63(98)71(54(43-88)110-76)113-79-68(103)73(60(95)51(40-85)107-79)115-75-57(81-46(3)90)62(97)70(53(42-87)109-75)112-78-66(101)64(99)59(94)50(39-84)106-78/h35,37,48-55,57-80,84-89,92,94-104H,5-34,36,38-45H2,1-4H3,(H,81,90)(H,82,91)(H,83,93)/b37-35+/t48-,49+,50?,51?,52?,53?,54?,55?,57?,58?,59-,60-,61-,62+,63+,64-,65+,66?,67?,68?,69?,70+,71+,72+,73-,74-,75-,76-,77+,78-,79-,80-/m0/s1. The van der Waals surface area contributed by atoms with E-state index in [9.17, 15) is 106 Å².